The number of imidazole rings is 1. The number of aryl methyl sites for hydroxylation is 3. The maximum Gasteiger partial charge on any atom is 0.274 e. The highest BCUT2D eigenvalue weighted by atomic mass is 16.2. The van der Waals surface area contributed by atoms with Gasteiger partial charge in [-0.25, -0.2) is 4.98 Å². The molecule has 1 fully saturated rings. The van der Waals surface area contributed by atoms with Crippen LogP contribution in [0.4, 0.5) is 0 Å². The number of rotatable bonds is 2. The highest BCUT2D eigenvalue weighted by Gasteiger charge is 2.26. The molecule has 112 valence electrons. The SMILES string of the molecule is Cc1cnc(C)n1C1CCN(C(=O)c2ccn(C)n2)CC1. The molecule has 6 nitrogen and oxygen atoms in total. The lowest BCUT2D eigenvalue weighted by Gasteiger charge is -2.33. The fourth-order valence-corrected chi connectivity index (χ4v) is 3.14. The minimum atomic E-state index is 0.0353. The van der Waals surface area contributed by atoms with Crippen LogP contribution in [0.25, 0.3) is 0 Å². The van der Waals surface area contributed by atoms with Crippen LogP contribution < -0.4 is 0 Å². The Morgan fingerprint density at radius 1 is 1.29 bits per heavy atom. The lowest BCUT2D eigenvalue weighted by molar-refractivity contribution is 0.0686. The molecule has 0 unspecified atom stereocenters. The molecule has 1 aliphatic rings. The largest absolute Gasteiger partial charge is 0.337 e. The van der Waals surface area contributed by atoms with Crippen molar-refractivity contribution in [3.63, 3.8) is 0 Å². The minimum Gasteiger partial charge on any atom is -0.337 e. The molecular formula is C15H21N5O. The van der Waals surface area contributed by atoms with Crippen LogP contribution in [-0.2, 0) is 7.05 Å². The molecule has 1 amide bonds. The quantitative estimate of drug-likeness (QED) is 0.845. The van der Waals surface area contributed by atoms with Crippen LogP contribution in [0.5, 0.6) is 0 Å². The zero-order valence-corrected chi connectivity index (χ0v) is 12.8. The maximum atomic E-state index is 12.4. The molecule has 3 rings (SSSR count). The number of aromatic nitrogens is 4. The van der Waals surface area contributed by atoms with Crippen LogP contribution in [0.1, 0.15) is 40.9 Å². The second kappa shape index (κ2) is 5.35. The Morgan fingerprint density at radius 3 is 2.52 bits per heavy atom. The molecule has 0 saturated carbocycles. The predicted octanol–water partition coefficient (Wildman–Crippen LogP) is 1.71. The third-order valence-corrected chi connectivity index (χ3v) is 4.22. The van der Waals surface area contributed by atoms with E-state index in [1.165, 1.54) is 5.69 Å². The summed E-state index contributed by atoms with van der Waals surface area (Å²) in [6.07, 6.45) is 5.66. The summed E-state index contributed by atoms with van der Waals surface area (Å²) in [5, 5.41) is 4.19. The van der Waals surface area contributed by atoms with Gasteiger partial charge in [-0.05, 0) is 32.8 Å². The van der Waals surface area contributed by atoms with Crippen molar-refractivity contribution in [2.24, 2.45) is 7.05 Å². The topological polar surface area (TPSA) is 56.0 Å². The van der Waals surface area contributed by atoms with Gasteiger partial charge in [-0.15, -0.1) is 0 Å². The van der Waals surface area contributed by atoms with Gasteiger partial charge in [0.15, 0.2) is 0 Å². The second-order valence-electron chi connectivity index (χ2n) is 5.71. The molecule has 2 aromatic rings. The van der Waals surface area contributed by atoms with Gasteiger partial charge in [0.1, 0.15) is 11.5 Å². The first-order chi connectivity index (χ1) is 10.1. The molecule has 6 heteroatoms. The van der Waals surface area contributed by atoms with Crippen LogP contribution in [0, 0.1) is 13.8 Å². The van der Waals surface area contributed by atoms with Crippen molar-refractivity contribution in [2.75, 3.05) is 13.1 Å². The summed E-state index contributed by atoms with van der Waals surface area (Å²) in [6, 6.07) is 2.22. The molecule has 0 N–H and O–H groups in total. The monoisotopic (exact) mass is 287 g/mol. The Morgan fingerprint density at radius 2 is 2.00 bits per heavy atom. The normalized spacial score (nSPS) is 16.4. The molecular weight excluding hydrogens is 266 g/mol. The number of amides is 1. The average Bonchev–Trinajstić information content (AvgIpc) is 3.05. The fraction of sp³-hybridized carbons (Fsp3) is 0.533. The van der Waals surface area contributed by atoms with Crippen molar-refractivity contribution in [3.8, 4) is 0 Å². The van der Waals surface area contributed by atoms with Gasteiger partial charge >= 0.3 is 0 Å². The van der Waals surface area contributed by atoms with E-state index in [2.05, 4.69) is 21.6 Å². The average molecular weight is 287 g/mol. The van der Waals surface area contributed by atoms with Crippen molar-refractivity contribution in [2.45, 2.75) is 32.7 Å². The molecule has 0 spiro atoms. The van der Waals surface area contributed by atoms with Crippen molar-refractivity contribution in [1.82, 2.24) is 24.2 Å². The van der Waals surface area contributed by atoms with Gasteiger partial charge in [0.05, 0.1) is 0 Å². The summed E-state index contributed by atoms with van der Waals surface area (Å²) in [4.78, 5) is 18.6. The number of hydrogen-bond donors (Lipinski definition) is 0. The van der Waals surface area contributed by atoms with Gasteiger partial charge in [-0.2, -0.15) is 5.10 Å². The van der Waals surface area contributed by atoms with Crippen molar-refractivity contribution < 1.29 is 4.79 Å². The third-order valence-electron chi connectivity index (χ3n) is 4.22. The van der Waals surface area contributed by atoms with E-state index < -0.39 is 0 Å². The first-order valence-corrected chi connectivity index (χ1v) is 7.35. The summed E-state index contributed by atoms with van der Waals surface area (Å²) in [7, 11) is 1.83. The number of nitrogens with zero attached hydrogens (tertiary/aromatic N) is 5. The van der Waals surface area contributed by atoms with E-state index in [4.69, 9.17) is 0 Å². The zero-order valence-electron chi connectivity index (χ0n) is 12.8. The Hall–Kier alpha value is -2.11. The molecule has 0 aromatic carbocycles. The van der Waals surface area contributed by atoms with Crippen molar-refractivity contribution in [1.29, 1.82) is 0 Å². The molecule has 3 heterocycles. The van der Waals surface area contributed by atoms with Gasteiger partial charge in [-0.1, -0.05) is 0 Å². The van der Waals surface area contributed by atoms with E-state index in [0.717, 1.165) is 31.8 Å². The molecule has 21 heavy (non-hydrogen) atoms. The van der Waals surface area contributed by atoms with Crippen LogP contribution in [0.2, 0.25) is 0 Å². The Bertz CT molecular complexity index is 629. The van der Waals surface area contributed by atoms with Gasteiger partial charge in [0.2, 0.25) is 0 Å². The fourth-order valence-electron chi connectivity index (χ4n) is 3.14. The Labute approximate surface area is 124 Å². The van der Waals surface area contributed by atoms with Crippen molar-refractivity contribution >= 4 is 5.91 Å². The van der Waals surface area contributed by atoms with Crippen molar-refractivity contribution in [3.05, 3.63) is 35.7 Å². The Kier molecular flexibility index (Phi) is 3.53. The van der Waals surface area contributed by atoms with E-state index in [1.54, 1.807) is 16.9 Å². The highest BCUT2D eigenvalue weighted by Crippen LogP contribution is 2.26. The molecule has 1 saturated heterocycles. The summed E-state index contributed by atoms with van der Waals surface area (Å²) in [5.41, 5.74) is 1.73. The number of carbonyl (C=O) groups is 1. The first-order valence-electron chi connectivity index (χ1n) is 7.35. The van der Waals surface area contributed by atoms with Crippen LogP contribution in [0.3, 0.4) is 0 Å². The molecule has 0 bridgehead atoms. The predicted molar refractivity (Wildman–Crippen MR) is 79.1 cm³/mol. The maximum absolute atomic E-state index is 12.4. The zero-order chi connectivity index (χ0) is 15.0. The van der Waals surface area contributed by atoms with E-state index in [0.29, 0.717) is 11.7 Å². The van der Waals surface area contributed by atoms with Gasteiger partial charge in [0, 0.05) is 44.3 Å². The number of likely N-dealkylation sites (tertiary alicyclic amines) is 1. The number of hydrogen-bond acceptors (Lipinski definition) is 3. The smallest absolute Gasteiger partial charge is 0.274 e. The Balaban J connectivity index is 1.67. The number of carbonyl (C=O) groups excluding carboxylic acids is 1. The lowest BCUT2D eigenvalue weighted by Crippen LogP contribution is -2.39. The van der Waals surface area contributed by atoms with E-state index in [1.807, 2.05) is 25.1 Å². The summed E-state index contributed by atoms with van der Waals surface area (Å²) >= 11 is 0. The lowest BCUT2D eigenvalue weighted by atomic mass is 10.0. The standard InChI is InChI=1S/C15H21N5O/c1-11-10-16-12(2)20(11)13-4-8-19(9-5-13)15(21)14-6-7-18(3)17-14/h6-7,10,13H,4-5,8-9H2,1-3H3. The summed E-state index contributed by atoms with van der Waals surface area (Å²) < 4.78 is 3.96. The molecule has 2 aromatic heterocycles. The molecule has 0 aliphatic carbocycles. The van der Waals surface area contributed by atoms with Crippen LogP contribution >= 0.6 is 0 Å². The number of piperidine rings is 1. The summed E-state index contributed by atoms with van der Waals surface area (Å²) in [5.74, 6) is 1.09. The first kappa shape index (κ1) is 13.9. The van der Waals surface area contributed by atoms with E-state index >= 15 is 0 Å². The second-order valence-corrected chi connectivity index (χ2v) is 5.71. The molecule has 0 atom stereocenters. The van der Waals surface area contributed by atoms with E-state index in [-0.39, 0.29) is 5.91 Å². The third kappa shape index (κ3) is 2.57. The highest BCUT2D eigenvalue weighted by molar-refractivity contribution is 5.92. The molecule has 1 aliphatic heterocycles. The van der Waals surface area contributed by atoms with Gasteiger partial charge < -0.3 is 9.47 Å². The minimum absolute atomic E-state index is 0.0353. The van der Waals surface area contributed by atoms with E-state index in [9.17, 15) is 4.79 Å². The van der Waals surface area contributed by atoms with Crippen LogP contribution in [-0.4, -0.2) is 43.2 Å². The van der Waals surface area contributed by atoms with Gasteiger partial charge in [-0.3, -0.25) is 9.48 Å². The summed E-state index contributed by atoms with van der Waals surface area (Å²) in [6.45, 7) is 5.68. The van der Waals surface area contributed by atoms with Gasteiger partial charge in [0.25, 0.3) is 5.91 Å². The molecule has 0 radical (unpaired) electrons. The van der Waals surface area contributed by atoms with Crippen LogP contribution in [0.15, 0.2) is 18.5 Å².